The van der Waals surface area contributed by atoms with Crippen LogP contribution in [0.5, 0.6) is 0 Å². The molecule has 0 aromatic carbocycles. The van der Waals surface area contributed by atoms with Crippen molar-refractivity contribution in [2.24, 2.45) is 4.99 Å². The van der Waals surface area contributed by atoms with E-state index in [2.05, 4.69) is 4.99 Å². The molecule has 72 valence electrons. The van der Waals surface area contributed by atoms with Crippen LogP contribution >= 0.6 is 24.0 Å². The lowest BCUT2D eigenvalue weighted by molar-refractivity contribution is -0.107. The lowest BCUT2D eigenvalue weighted by Crippen LogP contribution is -1.82. The second kappa shape index (κ2) is 13.4. The third-order valence-corrected chi connectivity index (χ3v) is 1.41. The number of isocyanates is 1. The molecule has 3 nitrogen and oxygen atoms in total. The minimum Gasteiger partial charge on any atom is -0.303 e. The van der Waals surface area contributed by atoms with E-state index in [9.17, 15) is 9.59 Å². The molecule has 0 aliphatic carbocycles. The Hall–Kier alpha value is -0.220. The number of hydrogen-bond donors (Lipinski definition) is 0. The topological polar surface area (TPSA) is 46.5 Å². The summed E-state index contributed by atoms with van der Waals surface area (Å²) in [7, 11) is 0. The highest BCUT2D eigenvalue weighted by molar-refractivity contribution is 14.0. The minimum atomic E-state index is 0. The third-order valence-electron chi connectivity index (χ3n) is 1.41. The van der Waals surface area contributed by atoms with Gasteiger partial charge in [0.1, 0.15) is 6.29 Å². The van der Waals surface area contributed by atoms with E-state index in [0.717, 1.165) is 32.0 Å². The van der Waals surface area contributed by atoms with E-state index < -0.39 is 0 Å². The van der Waals surface area contributed by atoms with Crippen molar-refractivity contribution < 1.29 is 11.0 Å². The molecule has 0 spiro atoms. The average molecular weight is 285 g/mol. The number of carbonyl (C=O) groups excluding carboxylic acids is 2. The smallest absolute Gasteiger partial charge is 0.234 e. The molecule has 0 aliphatic heterocycles. The van der Waals surface area contributed by atoms with Gasteiger partial charge < -0.3 is 4.79 Å². The lowest BCUT2D eigenvalue weighted by Gasteiger charge is -1.93. The fraction of sp³-hybridized carbons (Fsp3) is 0.750. The molecule has 0 saturated heterocycles. The molecule has 0 fully saturated rings. The summed E-state index contributed by atoms with van der Waals surface area (Å²) < 4.78 is 0. The van der Waals surface area contributed by atoms with Crippen molar-refractivity contribution in [3.05, 3.63) is 0 Å². The molecule has 0 amide bonds. The Bertz CT molecular complexity index is 149. The second-order valence-corrected chi connectivity index (χ2v) is 2.34. The summed E-state index contributed by atoms with van der Waals surface area (Å²) in [6.07, 6.45) is 7.04. The molecule has 0 N–H and O–H groups in total. The van der Waals surface area contributed by atoms with Gasteiger partial charge in [0.25, 0.3) is 0 Å². The highest BCUT2D eigenvalue weighted by atomic mass is 127. The Balaban J connectivity index is -0.000000500. The van der Waals surface area contributed by atoms with Crippen molar-refractivity contribution in [1.82, 2.24) is 0 Å². The monoisotopic (exact) mass is 285 g/mol. The Labute approximate surface area is 91.1 Å². The van der Waals surface area contributed by atoms with Crippen LogP contribution in [0, 0.1) is 0 Å². The maximum absolute atomic E-state index is 9.87. The predicted molar refractivity (Wildman–Crippen MR) is 59.7 cm³/mol. The molecular formula is C8H16INO2. The summed E-state index contributed by atoms with van der Waals surface area (Å²) >= 11 is 0. The fourth-order valence-electron chi connectivity index (χ4n) is 0.818. The van der Waals surface area contributed by atoms with Crippen LogP contribution < -0.4 is 0 Å². The van der Waals surface area contributed by atoms with Crippen molar-refractivity contribution >= 4 is 36.3 Å². The van der Waals surface area contributed by atoms with Gasteiger partial charge in [-0.05, 0) is 12.8 Å². The van der Waals surface area contributed by atoms with E-state index in [1.807, 2.05) is 0 Å². The first kappa shape index (κ1) is 14.3. The molecule has 0 unspecified atom stereocenters. The first-order chi connectivity index (χ1) is 5.41. The minimum absolute atomic E-state index is 0. The fourth-order valence-corrected chi connectivity index (χ4v) is 0.818. The Morgan fingerprint density at radius 1 is 1.25 bits per heavy atom. The van der Waals surface area contributed by atoms with Crippen LogP contribution in [0.1, 0.15) is 33.5 Å². The molecule has 4 heteroatoms. The number of unbranched alkanes of at least 4 members (excludes halogenated alkanes) is 4. The zero-order valence-electron chi connectivity index (χ0n) is 6.99. The summed E-state index contributed by atoms with van der Waals surface area (Å²) in [6.45, 7) is 0.574. The standard InChI is InChI=1S/C8H13NO2.HI.H2/c10-7-5-3-1-2-4-6-9-8-11;;/h7H,1-6H2;2*1H. The van der Waals surface area contributed by atoms with E-state index in [0.29, 0.717) is 13.0 Å². The number of carbonyl (C=O) groups is 1. The third kappa shape index (κ3) is 12.5. The van der Waals surface area contributed by atoms with Crippen molar-refractivity contribution in [2.75, 3.05) is 6.54 Å². The number of halogens is 1. The van der Waals surface area contributed by atoms with E-state index in [1.165, 1.54) is 6.08 Å². The van der Waals surface area contributed by atoms with Gasteiger partial charge in [-0.25, -0.2) is 9.79 Å². The summed E-state index contributed by atoms with van der Waals surface area (Å²) in [5, 5.41) is 0. The van der Waals surface area contributed by atoms with Crippen LogP contribution in [0.3, 0.4) is 0 Å². The van der Waals surface area contributed by atoms with Gasteiger partial charge in [-0.15, -0.1) is 24.0 Å². The summed E-state index contributed by atoms with van der Waals surface area (Å²) in [4.78, 5) is 22.9. The van der Waals surface area contributed by atoms with Gasteiger partial charge in [0.2, 0.25) is 6.08 Å². The number of rotatable bonds is 7. The van der Waals surface area contributed by atoms with Crippen molar-refractivity contribution in [3.63, 3.8) is 0 Å². The highest BCUT2D eigenvalue weighted by Crippen LogP contribution is 2.00. The van der Waals surface area contributed by atoms with Gasteiger partial charge >= 0.3 is 0 Å². The number of hydrogen-bond acceptors (Lipinski definition) is 3. The molecule has 0 radical (unpaired) electrons. The largest absolute Gasteiger partial charge is 0.303 e. The summed E-state index contributed by atoms with van der Waals surface area (Å²) in [5.41, 5.74) is 0. The van der Waals surface area contributed by atoms with E-state index in [-0.39, 0.29) is 25.4 Å². The first-order valence-corrected chi connectivity index (χ1v) is 3.89. The van der Waals surface area contributed by atoms with E-state index >= 15 is 0 Å². The molecule has 0 heterocycles. The van der Waals surface area contributed by atoms with Gasteiger partial charge in [-0.2, -0.15) is 0 Å². The van der Waals surface area contributed by atoms with Crippen LogP contribution in [-0.4, -0.2) is 18.9 Å². The normalized spacial score (nSPS) is 8.00. The zero-order valence-corrected chi connectivity index (χ0v) is 9.32. The van der Waals surface area contributed by atoms with Gasteiger partial charge in [0.15, 0.2) is 0 Å². The van der Waals surface area contributed by atoms with Crippen molar-refractivity contribution in [3.8, 4) is 0 Å². The van der Waals surface area contributed by atoms with Gasteiger partial charge in [-0.3, -0.25) is 0 Å². The second-order valence-electron chi connectivity index (χ2n) is 2.34. The van der Waals surface area contributed by atoms with Crippen molar-refractivity contribution in [2.45, 2.75) is 32.1 Å². The average Bonchev–Trinajstić information content (AvgIpc) is 2.03. The molecule has 12 heavy (non-hydrogen) atoms. The van der Waals surface area contributed by atoms with Gasteiger partial charge in [0, 0.05) is 7.85 Å². The first-order valence-electron chi connectivity index (χ1n) is 3.89. The van der Waals surface area contributed by atoms with Crippen LogP contribution in [-0.2, 0) is 9.59 Å². The highest BCUT2D eigenvalue weighted by Gasteiger charge is 1.87. The van der Waals surface area contributed by atoms with E-state index in [1.54, 1.807) is 0 Å². The number of aldehydes is 1. The molecule has 0 saturated carbocycles. The number of nitrogens with zero attached hydrogens (tertiary/aromatic N) is 1. The maximum atomic E-state index is 9.87. The van der Waals surface area contributed by atoms with Crippen LogP contribution in [0.4, 0.5) is 0 Å². The Morgan fingerprint density at radius 3 is 2.50 bits per heavy atom. The van der Waals surface area contributed by atoms with Gasteiger partial charge in [0.05, 0.1) is 6.54 Å². The molecule has 0 rings (SSSR count). The molecule has 0 aromatic rings. The quantitative estimate of drug-likeness (QED) is 0.237. The zero-order chi connectivity index (χ0) is 8.36. The number of aliphatic imine (C=N–C) groups is 1. The lowest BCUT2D eigenvalue weighted by atomic mass is 10.1. The molecule has 0 aromatic heterocycles. The molecule has 0 bridgehead atoms. The van der Waals surface area contributed by atoms with E-state index in [4.69, 9.17) is 0 Å². The predicted octanol–water partition coefficient (Wildman–Crippen LogP) is 2.34. The Kier molecular flexibility index (Phi) is 16.0. The SMILES string of the molecule is I.O=C=NCCCCCCC=O.[HH]. The molecular weight excluding hydrogens is 269 g/mol. The molecule has 0 aliphatic rings. The summed E-state index contributed by atoms with van der Waals surface area (Å²) in [6, 6.07) is 0. The Morgan fingerprint density at radius 2 is 1.92 bits per heavy atom. The van der Waals surface area contributed by atoms with Crippen molar-refractivity contribution in [1.29, 1.82) is 0 Å². The molecule has 0 atom stereocenters. The van der Waals surface area contributed by atoms with Gasteiger partial charge in [-0.1, -0.05) is 12.8 Å². The van der Waals surface area contributed by atoms with Crippen LogP contribution in [0.25, 0.3) is 0 Å². The summed E-state index contributed by atoms with van der Waals surface area (Å²) in [5.74, 6) is 0. The van der Waals surface area contributed by atoms with Crippen LogP contribution in [0.15, 0.2) is 4.99 Å². The van der Waals surface area contributed by atoms with Crippen LogP contribution in [0.2, 0.25) is 0 Å². The maximum Gasteiger partial charge on any atom is 0.234 e.